The molecule has 0 N–H and O–H groups in total. The van der Waals surface area contributed by atoms with E-state index in [4.69, 9.17) is 4.74 Å². The molecule has 2 aromatic rings. The predicted octanol–water partition coefficient (Wildman–Crippen LogP) is 2.50. The molecular weight excluding hydrogens is 328 g/mol. The number of aromatic nitrogens is 2. The van der Waals surface area contributed by atoms with Crippen LogP contribution < -0.4 is 9.64 Å². The van der Waals surface area contributed by atoms with E-state index in [9.17, 15) is 4.79 Å². The van der Waals surface area contributed by atoms with Crippen molar-refractivity contribution in [1.29, 1.82) is 0 Å². The van der Waals surface area contributed by atoms with Gasteiger partial charge in [-0.15, -0.1) is 0 Å². The van der Waals surface area contributed by atoms with Gasteiger partial charge in [0.1, 0.15) is 11.6 Å². The van der Waals surface area contributed by atoms with Gasteiger partial charge in [-0.25, -0.2) is 4.98 Å². The number of methoxy groups -OCH3 is 1. The zero-order valence-electron chi connectivity index (χ0n) is 15.1. The maximum absolute atomic E-state index is 12.6. The van der Waals surface area contributed by atoms with Crippen molar-refractivity contribution in [1.82, 2.24) is 14.9 Å². The second kappa shape index (κ2) is 6.94. The zero-order valence-corrected chi connectivity index (χ0v) is 15.1. The van der Waals surface area contributed by atoms with Gasteiger partial charge in [0, 0.05) is 50.4 Å². The standard InChI is InChI=1S/C20H24N4O2/c1-26-17-4-2-3-16(11-17)14-24-15-20(12-19(24)25)5-9-23(10-6-20)18-13-21-7-8-22-18/h2-4,7-8,11,13H,5-6,9-10,12,14-15H2,1H3. The van der Waals surface area contributed by atoms with Gasteiger partial charge in [0.05, 0.1) is 13.3 Å². The van der Waals surface area contributed by atoms with Gasteiger partial charge in [-0.3, -0.25) is 9.78 Å². The Morgan fingerprint density at radius 3 is 2.81 bits per heavy atom. The van der Waals surface area contributed by atoms with E-state index < -0.39 is 0 Å². The number of likely N-dealkylation sites (tertiary alicyclic amines) is 1. The number of ether oxygens (including phenoxy) is 1. The molecule has 3 heterocycles. The Balaban J connectivity index is 1.40. The molecule has 0 unspecified atom stereocenters. The summed E-state index contributed by atoms with van der Waals surface area (Å²) in [5.41, 5.74) is 1.22. The van der Waals surface area contributed by atoms with Crippen LogP contribution in [0.25, 0.3) is 0 Å². The molecule has 2 saturated heterocycles. The average molecular weight is 352 g/mol. The third-order valence-electron chi connectivity index (χ3n) is 5.61. The van der Waals surface area contributed by atoms with Gasteiger partial charge in [0.25, 0.3) is 0 Å². The number of nitrogens with zero attached hydrogens (tertiary/aromatic N) is 4. The summed E-state index contributed by atoms with van der Waals surface area (Å²) in [6.07, 6.45) is 7.93. The van der Waals surface area contributed by atoms with Crippen LogP contribution in [0.2, 0.25) is 0 Å². The Labute approximate surface area is 153 Å². The second-order valence-corrected chi connectivity index (χ2v) is 7.33. The van der Waals surface area contributed by atoms with Crippen molar-refractivity contribution in [2.24, 2.45) is 5.41 Å². The number of benzene rings is 1. The summed E-state index contributed by atoms with van der Waals surface area (Å²) in [7, 11) is 1.67. The fourth-order valence-electron chi connectivity index (χ4n) is 4.12. The van der Waals surface area contributed by atoms with Gasteiger partial charge < -0.3 is 14.5 Å². The topological polar surface area (TPSA) is 58.6 Å². The monoisotopic (exact) mass is 352 g/mol. The number of carbonyl (C=O) groups excluding carboxylic acids is 1. The van der Waals surface area contributed by atoms with E-state index >= 15 is 0 Å². The fraction of sp³-hybridized carbons (Fsp3) is 0.450. The normalized spacial score (nSPS) is 19.2. The third-order valence-corrected chi connectivity index (χ3v) is 5.61. The van der Waals surface area contributed by atoms with E-state index in [1.807, 2.05) is 29.3 Å². The Kier molecular flexibility index (Phi) is 4.49. The molecule has 0 saturated carbocycles. The van der Waals surface area contributed by atoms with E-state index in [1.54, 1.807) is 19.5 Å². The van der Waals surface area contributed by atoms with Crippen LogP contribution in [0, 0.1) is 5.41 Å². The molecule has 0 radical (unpaired) electrons. The van der Waals surface area contributed by atoms with Crippen molar-refractivity contribution in [2.45, 2.75) is 25.8 Å². The largest absolute Gasteiger partial charge is 0.497 e. The molecule has 0 atom stereocenters. The van der Waals surface area contributed by atoms with Crippen LogP contribution in [-0.4, -0.2) is 47.5 Å². The molecule has 26 heavy (non-hydrogen) atoms. The maximum Gasteiger partial charge on any atom is 0.223 e. The highest BCUT2D eigenvalue weighted by atomic mass is 16.5. The van der Waals surface area contributed by atoms with E-state index in [0.717, 1.165) is 49.6 Å². The summed E-state index contributed by atoms with van der Waals surface area (Å²) < 4.78 is 5.29. The SMILES string of the molecule is COc1cccc(CN2CC3(CCN(c4cnccn4)CC3)CC2=O)c1. The van der Waals surface area contributed by atoms with Crippen molar-refractivity contribution in [3.05, 3.63) is 48.4 Å². The maximum atomic E-state index is 12.6. The lowest BCUT2D eigenvalue weighted by Crippen LogP contribution is -2.42. The van der Waals surface area contributed by atoms with Crippen LogP contribution >= 0.6 is 0 Å². The number of piperidine rings is 1. The number of anilines is 1. The van der Waals surface area contributed by atoms with Crippen LogP contribution in [0.15, 0.2) is 42.9 Å². The Morgan fingerprint density at radius 1 is 1.23 bits per heavy atom. The lowest BCUT2D eigenvalue weighted by Gasteiger charge is -2.39. The molecule has 2 aliphatic rings. The van der Waals surface area contributed by atoms with E-state index in [-0.39, 0.29) is 11.3 Å². The molecule has 0 aliphatic carbocycles. The summed E-state index contributed by atoms with van der Waals surface area (Å²) in [6, 6.07) is 7.97. The Morgan fingerprint density at radius 2 is 2.08 bits per heavy atom. The minimum atomic E-state index is 0.106. The molecule has 136 valence electrons. The molecule has 1 amide bonds. The van der Waals surface area contributed by atoms with Crippen LogP contribution in [0.3, 0.4) is 0 Å². The van der Waals surface area contributed by atoms with Crippen LogP contribution in [-0.2, 0) is 11.3 Å². The first-order valence-electron chi connectivity index (χ1n) is 9.09. The third kappa shape index (κ3) is 3.36. The minimum Gasteiger partial charge on any atom is -0.497 e. The van der Waals surface area contributed by atoms with Crippen LogP contribution in [0.4, 0.5) is 5.82 Å². The smallest absolute Gasteiger partial charge is 0.223 e. The van der Waals surface area contributed by atoms with E-state index in [2.05, 4.69) is 20.9 Å². The van der Waals surface area contributed by atoms with Crippen molar-refractivity contribution in [2.75, 3.05) is 31.6 Å². The highest BCUT2D eigenvalue weighted by molar-refractivity contribution is 5.79. The lowest BCUT2D eigenvalue weighted by atomic mass is 9.77. The van der Waals surface area contributed by atoms with E-state index in [1.165, 1.54) is 0 Å². The predicted molar refractivity (Wildman–Crippen MR) is 98.9 cm³/mol. The Bertz CT molecular complexity index is 772. The van der Waals surface area contributed by atoms with Crippen LogP contribution in [0.1, 0.15) is 24.8 Å². The molecule has 6 nitrogen and oxygen atoms in total. The van der Waals surface area contributed by atoms with Gasteiger partial charge in [0.15, 0.2) is 0 Å². The van der Waals surface area contributed by atoms with Crippen molar-refractivity contribution >= 4 is 11.7 Å². The van der Waals surface area contributed by atoms with Gasteiger partial charge in [-0.2, -0.15) is 0 Å². The number of carbonyl (C=O) groups is 1. The van der Waals surface area contributed by atoms with Gasteiger partial charge >= 0.3 is 0 Å². The zero-order chi connectivity index (χ0) is 18.0. The summed E-state index contributed by atoms with van der Waals surface area (Å²) in [5.74, 6) is 2.03. The molecule has 2 fully saturated rings. The molecule has 6 heteroatoms. The van der Waals surface area contributed by atoms with Crippen molar-refractivity contribution in [3.8, 4) is 5.75 Å². The van der Waals surface area contributed by atoms with Crippen molar-refractivity contribution < 1.29 is 9.53 Å². The van der Waals surface area contributed by atoms with Gasteiger partial charge in [-0.05, 0) is 30.5 Å². The molecular formula is C20H24N4O2. The summed E-state index contributed by atoms with van der Waals surface area (Å²) in [5, 5.41) is 0. The molecule has 2 aliphatic heterocycles. The first-order chi connectivity index (χ1) is 12.7. The number of amides is 1. The van der Waals surface area contributed by atoms with E-state index in [0.29, 0.717) is 13.0 Å². The van der Waals surface area contributed by atoms with Crippen molar-refractivity contribution in [3.63, 3.8) is 0 Å². The molecule has 0 bridgehead atoms. The number of hydrogen-bond acceptors (Lipinski definition) is 5. The second-order valence-electron chi connectivity index (χ2n) is 7.33. The first-order valence-corrected chi connectivity index (χ1v) is 9.09. The molecule has 4 rings (SSSR count). The summed E-state index contributed by atoms with van der Waals surface area (Å²) in [4.78, 5) is 25.4. The number of hydrogen-bond donors (Lipinski definition) is 0. The first kappa shape index (κ1) is 16.8. The summed E-state index contributed by atoms with van der Waals surface area (Å²) >= 11 is 0. The highest BCUT2D eigenvalue weighted by Gasteiger charge is 2.44. The van der Waals surface area contributed by atoms with Gasteiger partial charge in [-0.1, -0.05) is 12.1 Å². The lowest BCUT2D eigenvalue weighted by molar-refractivity contribution is -0.128. The Hall–Kier alpha value is -2.63. The summed E-state index contributed by atoms with van der Waals surface area (Å²) in [6.45, 7) is 3.36. The number of rotatable bonds is 4. The molecule has 1 aromatic heterocycles. The quantitative estimate of drug-likeness (QED) is 0.846. The van der Waals surface area contributed by atoms with Crippen LogP contribution in [0.5, 0.6) is 5.75 Å². The average Bonchev–Trinajstić information content (AvgIpc) is 2.98. The highest BCUT2D eigenvalue weighted by Crippen LogP contribution is 2.42. The molecule has 1 spiro atoms. The fourth-order valence-corrected chi connectivity index (χ4v) is 4.12. The molecule has 1 aromatic carbocycles. The van der Waals surface area contributed by atoms with Gasteiger partial charge in [0.2, 0.25) is 5.91 Å². The minimum absolute atomic E-state index is 0.106.